The van der Waals surface area contributed by atoms with Crippen LogP contribution in [0.25, 0.3) is 22.5 Å². The SMILES string of the molecule is Cn1ccc(-c2cc(-c3ccn(C)n3)c(F)cc2F)n1. The van der Waals surface area contributed by atoms with Gasteiger partial charge in [0.25, 0.3) is 0 Å². The number of benzene rings is 1. The summed E-state index contributed by atoms with van der Waals surface area (Å²) in [5, 5.41) is 8.28. The molecular formula is C14H12F2N4. The maximum atomic E-state index is 13.9. The minimum absolute atomic E-state index is 0.257. The number of hydrogen-bond acceptors (Lipinski definition) is 2. The predicted octanol–water partition coefficient (Wildman–Crippen LogP) is 2.77. The molecule has 2 aromatic heterocycles. The zero-order valence-electron chi connectivity index (χ0n) is 11.0. The van der Waals surface area contributed by atoms with Crippen molar-refractivity contribution in [2.24, 2.45) is 14.1 Å². The van der Waals surface area contributed by atoms with E-state index < -0.39 is 11.6 Å². The lowest BCUT2D eigenvalue weighted by Gasteiger charge is -2.05. The van der Waals surface area contributed by atoms with E-state index in [0.29, 0.717) is 11.4 Å². The summed E-state index contributed by atoms with van der Waals surface area (Å²) in [5.41, 5.74) is 1.43. The highest BCUT2D eigenvalue weighted by Crippen LogP contribution is 2.29. The van der Waals surface area contributed by atoms with Crippen LogP contribution in [0.3, 0.4) is 0 Å². The van der Waals surface area contributed by atoms with Crippen LogP contribution < -0.4 is 0 Å². The van der Waals surface area contributed by atoms with Gasteiger partial charge in [-0.3, -0.25) is 9.36 Å². The third-order valence-corrected chi connectivity index (χ3v) is 3.04. The molecule has 0 bridgehead atoms. The molecule has 0 aliphatic carbocycles. The molecule has 102 valence electrons. The molecule has 2 heterocycles. The number of aromatic nitrogens is 4. The van der Waals surface area contributed by atoms with Crippen LogP contribution in [0.1, 0.15) is 0 Å². The molecule has 0 saturated heterocycles. The summed E-state index contributed by atoms with van der Waals surface area (Å²) >= 11 is 0. The topological polar surface area (TPSA) is 35.6 Å². The highest BCUT2D eigenvalue weighted by Gasteiger charge is 2.15. The highest BCUT2D eigenvalue weighted by atomic mass is 19.1. The summed E-state index contributed by atoms with van der Waals surface area (Å²) in [6.45, 7) is 0. The van der Waals surface area contributed by atoms with Crippen molar-refractivity contribution in [2.45, 2.75) is 0 Å². The van der Waals surface area contributed by atoms with Gasteiger partial charge in [0.05, 0.1) is 11.4 Å². The van der Waals surface area contributed by atoms with Gasteiger partial charge in [0.2, 0.25) is 0 Å². The summed E-state index contributed by atoms with van der Waals surface area (Å²) in [5.74, 6) is -1.28. The summed E-state index contributed by atoms with van der Waals surface area (Å²) in [4.78, 5) is 0. The van der Waals surface area contributed by atoms with Gasteiger partial charge in [0.15, 0.2) is 0 Å². The zero-order valence-corrected chi connectivity index (χ0v) is 11.0. The molecular weight excluding hydrogens is 262 g/mol. The van der Waals surface area contributed by atoms with Crippen LogP contribution in [0.15, 0.2) is 36.7 Å². The average molecular weight is 274 g/mol. The second-order valence-corrected chi connectivity index (χ2v) is 4.56. The summed E-state index contributed by atoms with van der Waals surface area (Å²) < 4.78 is 31.0. The Bertz CT molecular complexity index is 712. The maximum Gasteiger partial charge on any atom is 0.135 e. The smallest absolute Gasteiger partial charge is 0.135 e. The number of hydrogen-bond donors (Lipinski definition) is 0. The number of aryl methyl sites for hydroxylation is 2. The first-order valence-corrected chi connectivity index (χ1v) is 6.03. The standard InChI is InChI=1S/C14H12F2N4/c1-19-5-3-13(17-19)9-7-10(12(16)8-11(9)15)14-4-6-20(2)18-14/h3-8H,1-2H3. The van der Waals surface area contributed by atoms with Crippen LogP contribution in [0, 0.1) is 11.6 Å². The Hall–Kier alpha value is -2.50. The van der Waals surface area contributed by atoms with Crippen LogP contribution in [0.5, 0.6) is 0 Å². The van der Waals surface area contributed by atoms with E-state index in [1.54, 1.807) is 48.0 Å². The molecule has 0 saturated carbocycles. The van der Waals surface area contributed by atoms with Crippen molar-refractivity contribution in [1.29, 1.82) is 0 Å². The first-order valence-electron chi connectivity index (χ1n) is 6.03. The molecule has 3 rings (SSSR count). The van der Waals surface area contributed by atoms with Gasteiger partial charge in [-0.15, -0.1) is 0 Å². The van der Waals surface area contributed by atoms with Crippen molar-refractivity contribution < 1.29 is 8.78 Å². The molecule has 0 unspecified atom stereocenters. The van der Waals surface area contributed by atoms with Crippen LogP contribution in [-0.2, 0) is 14.1 Å². The van der Waals surface area contributed by atoms with E-state index in [1.165, 1.54) is 6.07 Å². The molecule has 1 aromatic carbocycles. The van der Waals surface area contributed by atoms with Gasteiger partial charge in [0, 0.05) is 43.7 Å². The Morgan fingerprint density at radius 1 is 0.800 bits per heavy atom. The minimum Gasteiger partial charge on any atom is -0.275 e. The second kappa shape index (κ2) is 4.56. The van der Waals surface area contributed by atoms with E-state index in [-0.39, 0.29) is 11.1 Å². The maximum absolute atomic E-state index is 13.9. The lowest BCUT2D eigenvalue weighted by molar-refractivity contribution is 0.586. The van der Waals surface area contributed by atoms with Gasteiger partial charge >= 0.3 is 0 Å². The lowest BCUT2D eigenvalue weighted by atomic mass is 10.0. The molecule has 0 aliphatic rings. The normalized spacial score (nSPS) is 11.0. The third kappa shape index (κ3) is 2.09. The van der Waals surface area contributed by atoms with Crippen molar-refractivity contribution in [1.82, 2.24) is 19.6 Å². The molecule has 0 fully saturated rings. The summed E-state index contributed by atoms with van der Waals surface area (Å²) in [7, 11) is 3.48. The Morgan fingerprint density at radius 2 is 1.25 bits per heavy atom. The molecule has 0 spiro atoms. The fraction of sp³-hybridized carbons (Fsp3) is 0.143. The van der Waals surface area contributed by atoms with Crippen molar-refractivity contribution in [3.8, 4) is 22.5 Å². The van der Waals surface area contributed by atoms with Crippen LogP contribution in [0.4, 0.5) is 8.78 Å². The van der Waals surface area contributed by atoms with Gasteiger partial charge in [0.1, 0.15) is 11.6 Å². The molecule has 0 aliphatic heterocycles. The largest absolute Gasteiger partial charge is 0.275 e. The quantitative estimate of drug-likeness (QED) is 0.720. The van der Waals surface area contributed by atoms with Crippen molar-refractivity contribution >= 4 is 0 Å². The molecule has 6 heteroatoms. The van der Waals surface area contributed by atoms with E-state index in [0.717, 1.165) is 6.07 Å². The Balaban J connectivity index is 2.17. The monoisotopic (exact) mass is 274 g/mol. The minimum atomic E-state index is -0.638. The average Bonchev–Trinajstić information content (AvgIpc) is 2.99. The van der Waals surface area contributed by atoms with Gasteiger partial charge in [-0.1, -0.05) is 0 Å². The second-order valence-electron chi connectivity index (χ2n) is 4.56. The van der Waals surface area contributed by atoms with Gasteiger partial charge in [-0.25, -0.2) is 8.78 Å². The van der Waals surface area contributed by atoms with E-state index in [2.05, 4.69) is 10.2 Å². The zero-order chi connectivity index (χ0) is 14.3. The fourth-order valence-corrected chi connectivity index (χ4v) is 2.06. The predicted molar refractivity (Wildman–Crippen MR) is 70.8 cm³/mol. The van der Waals surface area contributed by atoms with Gasteiger partial charge in [-0.2, -0.15) is 10.2 Å². The molecule has 0 N–H and O–H groups in total. The van der Waals surface area contributed by atoms with Crippen LogP contribution in [-0.4, -0.2) is 19.6 Å². The molecule has 20 heavy (non-hydrogen) atoms. The summed E-state index contributed by atoms with van der Waals surface area (Å²) in [6, 6.07) is 5.67. The molecule has 0 radical (unpaired) electrons. The summed E-state index contributed by atoms with van der Waals surface area (Å²) in [6.07, 6.45) is 3.41. The van der Waals surface area contributed by atoms with E-state index >= 15 is 0 Å². The number of rotatable bonds is 2. The highest BCUT2D eigenvalue weighted by molar-refractivity contribution is 5.70. The fourth-order valence-electron chi connectivity index (χ4n) is 2.06. The number of halogens is 2. The molecule has 3 aromatic rings. The van der Waals surface area contributed by atoms with Crippen LogP contribution in [0.2, 0.25) is 0 Å². The van der Waals surface area contributed by atoms with Crippen molar-refractivity contribution in [2.75, 3.05) is 0 Å². The Morgan fingerprint density at radius 3 is 1.60 bits per heavy atom. The lowest BCUT2D eigenvalue weighted by Crippen LogP contribution is -1.95. The van der Waals surface area contributed by atoms with Gasteiger partial charge < -0.3 is 0 Å². The number of nitrogens with zero attached hydrogens (tertiary/aromatic N) is 4. The Kier molecular flexibility index (Phi) is 2.85. The molecule has 0 atom stereocenters. The van der Waals surface area contributed by atoms with Crippen molar-refractivity contribution in [3.63, 3.8) is 0 Å². The van der Waals surface area contributed by atoms with Crippen molar-refractivity contribution in [3.05, 3.63) is 48.3 Å². The molecule has 0 amide bonds. The first-order chi connectivity index (χ1) is 9.54. The Labute approximate surface area is 114 Å². The van der Waals surface area contributed by atoms with Crippen LogP contribution >= 0.6 is 0 Å². The van der Waals surface area contributed by atoms with E-state index in [9.17, 15) is 8.78 Å². The first kappa shape index (κ1) is 12.5. The van der Waals surface area contributed by atoms with Gasteiger partial charge in [-0.05, 0) is 18.2 Å². The van der Waals surface area contributed by atoms with E-state index in [1.807, 2.05) is 0 Å². The third-order valence-electron chi connectivity index (χ3n) is 3.04. The van der Waals surface area contributed by atoms with E-state index in [4.69, 9.17) is 0 Å². The molecule has 4 nitrogen and oxygen atoms in total.